The Balaban J connectivity index is 1.94. The molecule has 0 spiro atoms. The third-order valence-electron chi connectivity index (χ3n) is 3.01. The van der Waals surface area contributed by atoms with E-state index in [9.17, 15) is 4.79 Å². The lowest BCUT2D eigenvalue weighted by molar-refractivity contribution is -0.125. The van der Waals surface area contributed by atoms with Crippen LogP contribution in [0.5, 0.6) is 5.75 Å². The number of ether oxygens (including phenoxy) is 1. The third kappa shape index (κ3) is 4.07. The van der Waals surface area contributed by atoms with Crippen LogP contribution in [0.1, 0.15) is 20.3 Å². The predicted octanol–water partition coefficient (Wildman–Crippen LogP) is 2.78. The van der Waals surface area contributed by atoms with E-state index >= 15 is 0 Å². The molecule has 0 N–H and O–H groups in total. The van der Waals surface area contributed by atoms with E-state index in [1.165, 1.54) is 11.8 Å². The van der Waals surface area contributed by atoms with Gasteiger partial charge in [-0.05, 0) is 25.5 Å². The lowest BCUT2D eigenvalue weighted by Gasteiger charge is -2.07. The first-order valence-electron chi connectivity index (χ1n) is 6.85. The van der Waals surface area contributed by atoms with Gasteiger partial charge in [0, 0.05) is 7.05 Å². The molecule has 0 aliphatic carbocycles. The molecule has 1 atom stereocenters. The highest BCUT2D eigenvalue weighted by Gasteiger charge is 2.34. The Hall–Kier alpha value is -1.82. The molecule has 1 fully saturated rings. The minimum Gasteiger partial charge on any atom is -0.488 e. The van der Waals surface area contributed by atoms with E-state index < -0.39 is 0 Å². The van der Waals surface area contributed by atoms with Gasteiger partial charge in [0.15, 0.2) is 5.17 Å². The summed E-state index contributed by atoms with van der Waals surface area (Å²) in [6.45, 7) is 4.22. The van der Waals surface area contributed by atoms with Crippen molar-refractivity contribution in [2.75, 3.05) is 13.7 Å². The Kier molecular flexibility index (Phi) is 5.38. The van der Waals surface area contributed by atoms with Gasteiger partial charge in [-0.25, -0.2) is 0 Å². The van der Waals surface area contributed by atoms with Crippen LogP contribution in [-0.2, 0) is 4.79 Å². The second kappa shape index (κ2) is 7.26. The van der Waals surface area contributed by atoms with Crippen molar-refractivity contribution in [1.29, 1.82) is 0 Å². The minimum atomic E-state index is -0.0372. The van der Waals surface area contributed by atoms with Crippen LogP contribution in [0.2, 0.25) is 0 Å². The molecule has 1 aromatic rings. The fraction of sp³-hybridized carbons (Fsp3) is 0.400. The molecule has 0 saturated carbocycles. The molecular weight excluding hydrogens is 286 g/mol. The van der Waals surface area contributed by atoms with E-state index in [4.69, 9.17) is 4.74 Å². The van der Waals surface area contributed by atoms with Gasteiger partial charge in [-0.3, -0.25) is 9.69 Å². The van der Waals surface area contributed by atoms with E-state index in [1.807, 2.05) is 44.2 Å². The van der Waals surface area contributed by atoms with E-state index in [0.717, 1.165) is 17.9 Å². The number of amides is 1. The molecule has 6 heteroatoms. The SMILES string of the molecule is CCC1S/C(=N/N=C(\C)COc2ccccc2)N(C)C1=O. The average molecular weight is 305 g/mol. The summed E-state index contributed by atoms with van der Waals surface area (Å²) in [5, 5.41) is 8.90. The Morgan fingerprint density at radius 1 is 1.38 bits per heavy atom. The number of thioether (sulfide) groups is 1. The van der Waals surface area contributed by atoms with E-state index in [-0.39, 0.29) is 11.2 Å². The molecule has 1 unspecified atom stereocenters. The number of carbonyl (C=O) groups is 1. The lowest BCUT2D eigenvalue weighted by Crippen LogP contribution is -2.27. The average Bonchev–Trinajstić information content (AvgIpc) is 2.79. The zero-order valence-corrected chi connectivity index (χ0v) is 13.3. The number of nitrogens with zero attached hydrogens (tertiary/aromatic N) is 3. The molecule has 21 heavy (non-hydrogen) atoms. The van der Waals surface area contributed by atoms with Crippen molar-refractivity contribution >= 4 is 28.5 Å². The molecule has 1 aliphatic heterocycles. The second-order valence-corrected chi connectivity index (χ2v) is 5.90. The molecule has 112 valence electrons. The standard InChI is InChI=1S/C15H19N3O2S/c1-4-13-14(19)18(3)15(21-13)17-16-11(2)10-20-12-8-6-5-7-9-12/h5-9,13H,4,10H2,1-3H3/b16-11+,17-15+. The number of para-hydroxylation sites is 1. The van der Waals surface area contributed by atoms with Crippen molar-refractivity contribution in [2.45, 2.75) is 25.5 Å². The van der Waals surface area contributed by atoms with Gasteiger partial charge < -0.3 is 4.74 Å². The van der Waals surface area contributed by atoms with Crippen molar-refractivity contribution in [3.8, 4) is 5.75 Å². The maximum absolute atomic E-state index is 11.9. The van der Waals surface area contributed by atoms with Crippen LogP contribution in [0, 0.1) is 0 Å². The topological polar surface area (TPSA) is 54.3 Å². The monoisotopic (exact) mass is 305 g/mol. The molecule has 0 radical (unpaired) electrons. The Labute approximate surface area is 129 Å². The van der Waals surface area contributed by atoms with E-state index in [2.05, 4.69) is 10.2 Å². The van der Waals surface area contributed by atoms with Gasteiger partial charge in [-0.1, -0.05) is 36.9 Å². The number of rotatable bonds is 5. The van der Waals surface area contributed by atoms with E-state index in [1.54, 1.807) is 11.9 Å². The number of amidine groups is 1. The number of hydrogen-bond donors (Lipinski definition) is 0. The van der Waals surface area contributed by atoms with Gasteiger partial charge in [0.1, 0.15) is 12.4 Å². The summed E-state index contributed by atoms with van der Waals surface area (Å²) in [6.07, 6.45) is 0.798. The summed E-state index contributed by atoms with van der Waals surface area (Å²) in [4.78, 5) is 13.4. The molecule has 1 amide bonds. The summed E-state index contributed by atoms with van der Waals surface area (Å²) in [5.74, 6) is 0.892. The van der Waals surface area contributed by atoms with Gasteiger partial charge >= 0.3 is 0 Å². The molecule has 1 saturated heterocycles. The highest BCUT2D eigenvalue weighted by Crippen LogP contribution is 2.27. The molecular formula is C15H19N3O2S. The smallest absolute Gasteiger partial charge is 0.241 e. The van der Waals surface area contributed by atoms with Crippen LogP contribution in [-0.4, -0.2) is 40.6 Å². The fourth-order valence-corrected chi connectivity index (χ4v) is 2.79. The van der Waals surface area contributed by atoms with Crippen LogP contribution in [0.3, 0.4) is 0 Å². The maximum Gasteiger partial charge on any atom is 0.241 e. The van der Waals surface area contributed by atoms with Gasteiger partial charge in [0.25, 0.3) is 0 Å². The Morgan fingerprint density at radius 3 is 2.71 bits per heavy atom. The van der Waals surface area contributed by atoms with Gasteiger partial charge in [0.2, 0.25) is 5.91 Å². The van der Waals surface area contributed by atoms with Crippen LogP contribution in [0.15, 0.2) is 40.5 Å². The van der Waals surface area contributed by atoms with Crippen LogP contribution >= 0.6 is 11.8 Å². The van der Waals surface area contributed by atoms with Crippen LogP contribution in [0.25, 0.3) is 0 Å². The number of carbonyl (C=O) groups excluding carboxylic acids is 1. The first-order chi connectivity index (χ1) is 10.1. The highest BCUT2D eigenvalue weighted by atomic mass is 32.2. The summed E-state index contributed by atoms with van der Waals surface area (Å²) in [6, 6.07) is 9.56. The quantitative estimate of drug-likeness (QED) is 0.621. The molecule has 1 heterocycles. The largest absolute Gasteiger partial charge is 0.488 e. The molecule has 0 aromatic heterocycles. The third-order valence-corrected chi connectivity index (χ3v) is 4.39. The van der Waals surface area contributed by atoms with Gasteiger partial charge in [0.05, 0.1) is 11.0 Å². The fourth-order valence-electron chi connectivity index (χ4n) is 1.78. The molecule has 2 rings (SSSR count). The van der Waals surface area contributed by atoms with E-state index in [0.29, 0.717) is 11.8 Å². The van der Waals surface area contributed by atoms with Crippen molar-refractivity contribution in [2.24, 2.45) is 10.2 Å². The van der Waals surface area contributed by atoms with Crippen LogP contribution in [0.4, 0.5) is 0 Å². The molecule has 1 aliphatic rings. The minimum absolute atomic E-state index is 0.0372. The summed E-state index contributed by atoms with van der Waals surface area (Å²) in [5.41, 5.74) is 0.757. The Bertz CT molecular complexity index is 557. The number of benzene rings is 1. The van der Waals surface area contributed by atoms with Gasteiger partial charge in [-0.15, -0.1) is 5.10 Å². The predicted molar refractivity (Wildman–Crippen MR) is 86.9 cm³/mol. The molecule has 1 aromatic carbocycles. The van der Waals surface area contributed by atoms with Crippen molar-refractivity contribution in [3.63, 3.8) is 0 Å². The summed E-state index contributed by atoms with van der Waals surface area (Å²) < 4.78 is 5.59. The lowest BCUT2D eigenvalue weighted by atomic mass is 10.3. The number of hydrogen-bond acceptors (Lipinski definition) is 5. The highest BCUT2D eigenvalue weighted by molar-refractivity contribution is 8.15. The van der Waals surface area contributed by atoms with Crippen LogP contribution < -0.4 is 4.74 Å². The normalized spacial score (nSPS) is 21.2. The van der Waals surface area contributed by atoms with Crippen molar-refractivity contribution < 1.29 is 9.53 Å². The maximum atomic E-state index is 11.9. The Morgan fingerprint density at radius 2 is 2.10 bits per heavy atom. The van der Waals surface area contributed by atoms with Gasteiger partial charge in [-0.2, -0.15) is 5.10 Å². The van der Waals surface area contributed by atoms with Crippen molar-refractivity contribution in [1.82, 2.24) is 4.90 Å². The zero-order valence-electron chi connectivity index (χ0n) is 12.4. The first kappa shape index (κ1) is 15.6. The van der Waals surface area contributed by atoms with Crippen molar-refractivity contribution in [3.05, 3.63) is 30.3 Å². The summed E-state index contributed by atoms with van der Waals surface area (Å²) >= 11 is 1.46. The molecule has 5 nitrogen and oxygen atoms in total. The summed E-state index contributed by atoms with van der Waals surface area (Å²) in [7, 11) is 1.73. The zero-order chi connectivity index (χ0) is 15.2. The molecule has 0 bridgehead atoms. The second-order valence-electron chi connectivity index (χ2n) is 4.73. The first-order valence-corrected chi connectivity index (χ1v) is 7.73.